The molecule has 1 aromatic rings. The predicted octanol–water partition coefficient (Wildman–Crippen LogP) is 2.08. The Hall–Kier alpha value is -1.93. The molecule has 1 fully saturated rings. The van der Waals surface area contributed by atoms with Gasteiger partial charge in [-0.15, -0.1) is 0 Å². The Morgan fingerprint density at radius 2 is 1.66 bits per heavy atom. The molecule has 1 N–H and O–H groups in total. The molecule has 2 rings (SSSR count). The van der Waals surface area contributed by atoms with E-state index < -0.39 is 10.0 Å². The van der Waals surface area contributed by atoms with Gasteiger partial charge < -0.3 is 10.2 Å². The summed E-state index contributed by atoms with van der Waals surface area (Å²) in [7, 11) is -3.58. The highest BCUT2D eigenvalue weighted by atomic mass is 32.2. The van der Waals surface area contributed by atoms with Gasteiger partial charge in [0.2, 0.25) is 21.8 Å². The lowest BCUT2D eigenvalue weighted by Gasteiger charge is -2.34. The van der Waals surface area contributed by atoms with Gasteiger partial charge in [-0.3, -0.25) is 9.59 Å². The van der Waals surface area contributed by atoms with Gasteiger partial charge in [0.05, 0.1) is 4.90 Å². The minimum absolute atomic E-state index is 0.0661. The molecule has 8 heteroatoms. The molecule has 0 radical (unpaired) electrons. The SMILES string of the molecule is Cc1ccc(C)c(S(=O)(=O)N2CCN(C(=O)CCC(=O)NC(C)C(C)C)CC2)c1. The highest BCUT2D eigenvalue weighted by Gasteiger charge is 2.31. The Balaban J connectivity index is 1.89. The number of benzene rings is 1. The fourth-order valence-electron chi connectivity index (χ4n) is 3.17. The maximum atomic E-state index is 13.0. The number of hydrogen-bond acceptors (Lipinski definition) is 4. The molecule has 162 valence electrons. The Morgan fingerprint density at radius 1 is 1.03 bits per heavy atom. The van der Waals surface area contributed by atoms with Gasteiger partial charge in [0.15, 0.2) is 0 Å². The van der Waals surface area contributed by atoms with Crippen molar-refractivity contribution in [3.8, 4) is 0 Å². The van der Waals surface area contributed by atoms with E-state index in [2.05, 4.69) is 5.32 Å². The van der Waals surface area contributed by atoms with Gasteiger partial charge in [0.1, 0.15) is 0 Å². The summed E-state index contributed by atoms with van der Waals surface area (Å²) in [5.41, 5.74) is 1.61. The molecule has 0 bridgehead atoms. The van der Waals surface area contributed by atoms with Crippen molar-refractivity contribution in [2.45, 2.75) is 58.4 Å². The van der Waals surface area contributed by atoms with Crippen LogP contribution in [0.5, 0.6) is 0 Å². The van der Waals surface area contributed by atoms with Gasteiger partial charge >= 0.3 is 0 Å². The molecule has 1 aromatic carbocycles. The second-order valence-electron chi connectivity index (χ2n) is 8.15. The lowest BCUT2D eigenvalue weighted by molar-refractivity contribution is -0.134. The first-order valence-corrected chi connectivity index (χ1v) is 11.6. The zero-order valence-corrected chi connectivity index (χ0v) is 18.9. The van der Waals surface area contributed by atoms with Gasteiger partial charge in [-0.25, -0.2) is 8.42 Å². The summed E-state index contributed by atoms with van der Waals surface area (Å²) in [5, 5.41) is 2.90. The molecule has 7 nitrogen and oxygen atoms in total. The van der Waals surface area contributed by atoms with Crippen LogP contribution in [0.25, 0.3) is 0 Å². The summed E-state index contributed by atoms with van der Waals surface area (Å²) in [6.45, 7) is 10.9. The van der Waals surface area contributed by atoms with Crippen molar-refractivity contribution in [3.05, 3.63) is 29.3 Å². The highest BCUT2D eigenvalue weighted by molar-refractivity contribution is 7.89. The van der Waals surface area contributed by atoms with E-state index in [-0.39, 0.29) is 43.8 Å². The molecule has 1 saturated heterocycles. The maximum Gasteiger partial charge on any atom is 0.243 e. The first-order valence-electron chi connectivity index (χ1n) is 10.2. The Labute approximate surface area is 174 Å². The number of piperazine rings is 1. The average molecular weight is 424 g/mol. The molecular weight excluding hydrogens is 390 g/mol. The van der Waals surface area contributed by atoms with Gasteiger partial charge in [-0.2, -0.15) is 4.31 Å². The van der Waals surface area contributed by atoms with Crippen LogP contribution in [0.2, 0.25) is 0 Å². The average Bonchev–Trinajstić information content (AvgIpc) is 2.67. The lowest BCUT2D eigenvalue weighted by atomic mass is 10.1. The maximum absolute atomic E-state index is 13.0. The number of sulfonamides is 1. The molecule has 0 aliphatic carbocycles. The van der Waals surface area contributed by atoms with Crippen molar-refractivity contribution in [1.29, 1.82) is 0 Å². The minimum Gasteiger partial charge on any atom is -0.353 e. The Morgan fingerprint density at radius 3 is 2.24 bits per heavy atom. The zero-order chi connectivity index (χ0) is 21.8. The van der Waals surface area contributed by atoms with Crippen LogP contribution in [0.1, 0.15) is 44.7 Å². The predicted molar refractivity (Wildman–Crippen MR) is 113 cm³/mol. The number of carbonyl (C=O) groups excluding carboxylic acids is 2. The van der Waals surface area contributed by atoms with E-state index in [9.17, 15) is 18.0 Å². The van der Waals surface area contributed by atoms with E-state index >= 15 is 0 Å². The third-order valence-electron chi connectivity index (χ3n) is 5.51. The van der Waals surface area contributed by atoms with E-state index in [0.29, 0.717) is 23.9 Å². The van der Waals surface area contributed by atoms with Crippen LogP contribution in [-0.2, 0) is 19.6 Å². The molecule has 2 amide bonds. The van der Waals surface area contributed by atoms with Crippen molar-refractivity contribution in [3.63, 3.8) is 0 Å². The van der Waals surface area contributed by atoms with Crippen molar-refractivity contribution in [2.24, 2.45) is 5.92 Å². The smallest absolute Gasteiger partial charge is 0.243 e. The second kappa shape index (κ2) is 9.71. The number of nitrogens with one attached hydrogen (secondary N) is 1. The number of aryl methyl sites for hydroxylation is 2. The van der Waals surface area contributed by atoms with E-state index in [1.807, 2.05) is 39.8 Å². The molecule has 29 heavy (non-hydrogen) atoms. The van der Waals surface area contributed by atoms with E-state index in [0.717, 1.165) is 11.1 Å². The lowest BCUT2D eigenvalue weighted by Crippen LogP contribution is -2.50. The van der Waals surface area contributed by atoms with Crippen LogP contribution in [-0.4, -0.2) is 61.7 Å². The summed E-state index contributed by atoms with van der Waals surface area (Å²) in [4.78, 5) is 26.4. The van der Waals surface area contributed by atoms with Gasteiger partial charge in [0.25, 0.3) is 0 Å². The highest BCUT2D eigenvalue weighted by Crippen LogP contribution is 2.22. The molecule has 1 aliphatic heterocycles. The fraction of sp³-hybridized carbons (Fsp3) is 0.619. The van der Waals surface area contributed by atoms with Gasteiger partial charge in [0, 0.05) is 45.1 Å². The fourth-order valence-corrected chi connectivity index (χ4v) is 4.91. The third-order valence-corrected chi connectivity index (χ3v) is 7.55. The molecule has 1 heterocycles. The normalized spacial score (nSPS) is 16.7. The molecule has 0 aromatic heterocycles. The van der Waals surface area contributed by atoms with E-state index in [1.54, 1.807) is 17.9 Å². The topological polar surface area (TPSA) is 86.8 Å². The van der Waals surface area contributed by atoms with E-state index in [1.165, 1.54) is 4.31 Å². The van der Waals surface area contributed by atoms with Crippen LogP contribution in [0, 0.1) is 19.8 Å². The summed E-state index contributed by atoms with van der Waals surface area (Å²) in [6, 6.07) is 5.46. The molecule has 1 aliphatic rings. The number of rotatable bonds is 7. The van der Waals surface area contributed by atoms with Crippen LogP contribution in [0.3, 0.4) is 0 Å². The number of hydrogen-bond donors (Lipinski definition) is 1. The standard InChI is InChI=1S/C21H33N3O4S/c1-15(2)18(5)22-20(25)8-9-21(26)23-10-12-24(13-11-23)29(27,28)19-14-16(3)6-7-17(19)4/h6-7,14-15,18H,8-13H2,1-5H3,(H,22,25). The molecule has 1 unspecified atom stereocenters. The van der Waals surface area contributed by atoms with Crippen LogP contribution in [0.4, 0.5) is 0 Å². The molecular formula is C21H33N3O4S. The van der Waals surface area contributed by atoms with Gasteiger partial charge in [-0.05, 0) is 43.9 Å². The summed E-state index contributed by atoms with van der Waals surface area (Å²) < 4.78 is 27.4. The van der Waals surface area contributed by atoms with Crippen LogP contribution >= 0.6 is 0 Å². The third kappa shape index (κ3) is 6.02. The summed E-state index contributed by atoms with van der Waals surface area (Å²) >= 11 is 0. The molecule has 0 spiro atoms. The van der Waals surface area contributed by atoms with Crippen molar-refractivity contribution in [1.82, 2.24) is 14.5 Å². The second-order valence-corrected chi connectivity index (χ2v) is 10.1. The van der Waals surface area contributed by atoms with Crippen molar-refractivity contribution < 1.29 is 18.0 Å². The first-order chi connectivity index (χ1) is 13.5. The minimum atomic E-state index is -3.58. The quantitative estimate of drug-likeness (QED) is 0.727. The largest absolute Gasteiger partial charge is 0.353 e. The zero-order valence-electron chi connectivity index (χ0n) is 18.1. The Bertz CT molecular complexity index is 843. The molecule has 0 saturated carbocycles. The number of nitrogens with zero attached hydrogens (tertiary/aromatic N) is 2. The summed E-state index contributed by atoms with van der Waals surface area (Å²) in [5.74, 6) is 0.0959. The summed E-state index contributed by atoms with van der Waals surface area (Å²) in [6.07, 6.45) is 0.289. The number of amides is 2. The van der Waals surface area contributed by atoms with Crippen molar-refractivity contribution in [2.75, 3.05) is 26.2 Å². The Kier molecular flexibility index (Phi) is 7.82. The van der Waals surface area contributed by atoms with E-state index in [4.69, 9.17) is 0 Å². The monoisotopic (exact) mass is 423 g/mol. The van der Waals surface area contributed by atoms with Crippen LogP contribution in [0.15, 0.2) is 23.1 Å². The van der Waals surface area contributed by atoms with Crippen LogP contribution < -0.4 is 5.32 Å². The van der Waals surface area contributed by atoms with Crippen molar-refractivity contribution >= 4 is 21.8 Å². The number of carbonyl (C=O) groups is 2. The molecule has 1 atom stereocenters. The first kappa shape index (κ1) is 23.3. The van der Waals surface area contributed by atoms with Gasteiger partial charge in [-0.1, -0.05) is 26.0 Å².